The van der Waals surface area contributed by atoms with Gasteiger partial charge in [-0.15, -0.1) is 0 Å². The van der Waals surface area contributed by atoms with Gasteiger partial charge in [0, 0.05) is 24.8 Å². The fourth-order valence-corrected chi connectivity index (χ4v) is 4.97. The van der Waals surface area contributed by atoms with E-state index in [0.29, 0.717) is 13.2 Å². The molecule has 39 heavy (non-hydrogen) atoms. The lowest BCUT2D eigenvalue weighted by molar-refractivity contribution is 0.111. The number of piperidine rings is 1. The summed E-state index contributed by atoms with van der Waals surface area (Å²) in [5, 5.41) is 0. The summed E-state index contributed by atoms with van der Waals surface area (Å²) in [7, 11) is 2.13. The van der Waals surface area contributed by atoms with Gasteiger partial charge in [-0.2, -0.15) is 0 Å². The summed E-state index contributed by atoms with van der Waals surface area (Å²) in [6.07, 6.45) is 11.5. The van der Waals surface area contributed by atoms with Crippen LogP contribution < -0.4 is 4.90 Å². The van der Waals surface area contributed by atoms with Crippen LogP contribution in [-0.4, -0.2) is 57.3 Å². The number of anilines is 1. The van der Waals surface area contributed by atoms with Gasteiger partial charge in [-0.3, -0.25) is 4.79 Å². The van der Waals surface area contributed by atoms with Crippen molar-refractivity contribution in [3.05, 3.63) is 96.1 Å². The quantitative estimate of drug-likeness (QED) is 0.163. The van der Waals surface area contributed by atoms with E-state index in [1.165, 1.54) is 5.56 Å². The zero-order valence-electron chi connectivity index (χ0n) is 23.1. The number of carbonyl (C=O) groups excluding carboxylic acids is 1. The second-order valence-corrected chi connectivity index (χ2v) is 10.2. The Morgan fingerprint density at radius 3 is 2.31 bits per heavy atom. The smallest absolute Gasteiger partial charge is 0.317 e. The molecule has 1 heterocycles. The summed E-state index contributed by atoms with van der Waals surface area (Å²) in [5.41, 5.74) is 5.35. The molecule has 0 aliphatic carbocycles. The molecule has 205 valence electrons. The highest BCUT2D eigenvalue weighted by Crippen LogP contribution is 2.34. The van der Waals surface area contributed by atoms with Crippen LogP contribution in [-0.2, 0) is 20.9 Å². The van der Waals surface area contributed by atoms with Crippen molar-refractivity contribution in [1.82, 2.24) is 4.90 Å². The van der Waals surface area contributed by atoms with E-state index in [2.05, 4.69) is 73.0 Å². The first-order chi connectivity index (χ1) is 19.2. The van der Waals surface area contributed by atoms with Crippen molar-refractivity contribution in [2.75, 3.05) is 44.9 Å². The van der Waals surface area contributed by atoms with E-state index in [-0.39, 0.29) is 6.04 Å². The summed E-state index contributed by atoms with van der Waals surface area (Å²) >= 11 is 0. The van der Waals surface area contributed by atoms with Crippen molar-refractivity contribution in [3.8, 4) is 11.1 Å². The van der Waals surface area contributed by atoms with Crippen LogP contribution in [0.25, 0.3) is 17.2 Å². The maximum atomic E-state index is 12.2. The fourth-order valence-electron chi connectivity index (χ4n) is 4.97. The fraction of sp³-hybridized carbons (Fsp3) is 0.382. The van der Waals surface area contributed by atoms with Crippen LogP contribution >= 0.6 is 0 Å². The van der Waals surface area contributed by atoms with Crippen LogP contribution in [0.5, 0.6) is 0 Å². The molecule has 1 saturated heterocycles. The molecule has 3 aromatic rings. The third-order valence-electron chi connectivity index (χ3n) is 7.23. The van der Waals surface area contributed by atoms with E-state index in [1.807, 2.05) is 41.3 Å². The van der Waals surface area contributed by atoms with Crippen LogP contribution in [0.2, 0.25) is 0 Å². The monoisotopic (exact) mass is 525 g/mol. The van der Waals surface area contributed by atoms with Crippen LogP contribution in [0.15, 0.2) is 84.9 Å². The van der Waals surface area contributed by atoms with Crippen LogP contribution in [0.4, 0.5) is 5.69 Å². The highest BCUT2D eigenvalue weighted by atomic mass is 16.5. The van der Waals surface area contributed by atoms with Crippen molar-refractivity contribution in [1.29, 1.82) is 0 Å². The lowest BCUT2D eigenvalue weighted by atomic mass is 9.97. The largest absolute Gasteiger partial charge is 0.377 e. The Morgan fingerprint density at radius 2 is 1.59 bits per heavy atom. The molecule has 0 aromatic heterocycles. The molecule has 0 N–H and O–H groups in total. The first-order valence-corrected chi connectivity index (χ1v) is 14.2. The van der Waals surface area contributed by atoms with Crippen molar-refractivity contribution >= 4 is 18.2 Å². The highest BCUT2D eigenvalue weighted by Gasteiger charge is 2.26. The number of ether oxygens (including phenoxy) is 2. The SMILES string of the molecule is CN1CCC(N([C]=O)c2cc(/C=C/COCCCCCOCc3ccccc3)ccc2-c2ccccc2)CC1. The van der Waals surface area contributed by atoms with Crippen LogP contribution in [0.3, 0.4) is 0 Å². The number of unbranched alkanes of at least 4 members (excludes halogenated alkanes) is 2. The number of rotatable bonds is 15. The molecular formula is C34H41N2O3. The average molecular weight is 526 g/mol. The first kappa shape index (κ1) is 28.8. The van der Waals surface area contributed by atoms with Crippen molar-refractivity contribution in [2.24, 2.45) is 0 Å². The van der Waals surface area contributed by atoms with Gasteiger partial charge in [0.1, 0.15) is 0 Å². The van der Waals surface area contributed by atoms with Crippen LogP contribution in [0.1, 0.15) is 43.2 Å². The predicted octanol–water partition coefficient (Wildman–Crippen LogP) is 6.74. The molecule has 5 nitrogen and oxygen atoms in total. The molecule has 0 spiro atoms. The van der Waals surface area contributed by atoms with Gasteiger partial charge < -0.3 is 19.3 Å². The van der Waals surface area contributed by atoms with Crippen molar-refractivity contribution < 1.29 is 14.3 Å². The molecule has 4 rings (SSSR count). The number of hydrogen-bond donors (Lipinski definition) is 0. The number of likely N-dealkylation sites (tertiary alicyclic amines) is 1. The summed E-state index contributed by atoms with van der Waals surface area (Å²) < 4.78 is 11.6. The minimum atomic E-state index is 0.160. The second kappa shape index (κ2) is 16.0. The Bertz CT molecular complexity index is 1140. The van der Waals surface area contributed by atoms with E-state index >= 15 is 0 Å². The number of benzene rings is 3. The molecule has 0 atom stereocenters. The van der Waals surface area contributed by atoms with Gasteiger partial charge in [-0.1, -0.05) is 84.9 Å². The zero-order valence-corrected chi connectivity index (χ0v) is 23.1. The maximum Gasteiger partial charge on any atom is 0.317 e. The summed E-state index contributed by atoms with van der Waals surface area (Å²) in [4.78, 5) is 16.4. The Hall–Kier alpha value is -3.25. The minimum Gasteiger partial charge on any atom is -0.377 e. The molecular weight excluding hydrogens is 484 g/mol. The Kier molecular flexibility index (Phi) is 11.8. The van der Waals surface area contributed by atoms with E-state index in [9.17, 15) is 4.79 Å². The van der Waals surface area contributed by atoms with Gasteiger partial charge in [0.05, 0.1) is 18.9 Å². The van der Waals surface area contributed by atoms with Gasteiger partial charge in [0.25, 0.3) is 0 Å². The van der Waals surface area contributed by atoms with Crippen molar-refractivity contribution in [2.45, 2.75) is 44.8 Å². The van der Waals surface area contributed by atoms with Crippen molar-refractivity contribution in [3.63, 3.8) is 0 Å². The third kappa shape index (κ3) is 9.17. The Morgan fingerprint density at radius 1 is 0.897 bits per heavy atom. The molecule has 1 radical (unpaired) electrons. The maximum absolute atomic E-state index is 12.2. The minimum absolute atomic E-state index is 0.160. The summed E-state index contributed by atoms with van der Waals surface area (Å²) in [5.74, 6) is 0. The molecule has 1 aliphatic rings. The molecule has 1 fully saturated rings. The normalized spacial score (nSPS) is 14.6. The first-order valence-electron chi connectivity index (χ1n) is 14.2. The Labute approximate surface area is 234 Å². The second-order valence-electron chi connectivity index (χ2n) is 10.2. The predicted molar refractivity (Wildman–Crippen MR) is 160 cm³/mol. The number of nitrogens with zero attached hydrogens (tertiary/aromatic N) is 2. The van der Waals surface area contributed by atoms with Gasteiger partial charge in [0.15, 0.2) is 0 Å². The standard InChI is InChI=1S/C34H41N2O3/c1-35-21-19-32(20-22-35)36(28-37)34-26-29(17-18-33(34)31-15-7-3-8-16-31)14-11-25-38-23-9-4-10-24-39-27-30-12-5-2-6-13-30/h2-3,5-8,11-18,26,32H,4,9-10,19-25,27H2,1H3/b14-11+. The zero-order chi connectivity index (χ0) is 27.1. The molecule has 5 heteroatoms. The lowest BCUT2D eigenvalue weighted by Crippen LogP contribution is -2.43. The van der Waals surface area contributed by atoms with E-state index in [1.54, 1.807) is 0 Å². The number of amides is 1. The third-order valence-corrected chi connectivity index (χ3v) is 7.23. The topological polar surface area (TPSA) is 42.0 Å². The van der Waals surface area contributed by atoms with Gasteiger partial charge in [0.2, 0.25) is 0 Å². The highest BCUT2D eigenvalue weighted by molar-refractivity contribution is 5.89. The van der Waals surface area contributed by atoms with E-state index < -0.39 is 0 Å². The van der Waals surface area contributed by atoms with Gasteiger partial charge in [-0.05, 0) is 75.0 Å². The van der Waals surface area contributed by atoms with Gasteiger partial charge in [-0.25, -0.2) is 0 Å². The summed E-state index contributed by atoms with van der Waals surface area (Å²) in [6, 6.07) is 27.0. The van der Waals surface area contributed by atoms with E-state index in [0.717, 1.165) is 80.8 Å². The van der Waals surface area contributed by atoms with Gasteiger partial charge >= 0.3 is 6.41 Å². The average Bonchev–Trinajstić information content (AvgIpc) is 2.98. The molecule has 1 aliphatic heterocycles. The van der Waals surface area contributed by atoms with E-state index in [4.69, 9.17) is 9.47 Å². The Balaban J connectivity index is 1.26. The molecule has 0 saturated carbocycles. The molecule has 1 amide bonds. The summed E-state index contributed by atoms with van der Waals surface area (Å²) in [6.45, 7) is 4.74. The van der Waals surface area contributed by atoms with Crippen LogP contribution in [0, 0.1) is 0 Å². The number of hydrogen-bond acceptors (Lipinski definition) is 4. The molecule has 0 bridgehead atoms. The molecule has 3 aromatic carbocycles. The lowest BCUT2D eigenvalue weighted by Gasteiger charge is -2.35. The molecule has 0 unspecified atom stereocenters.